The largest absolute Gasteiger partial charge is 0.444 e. The minimum atomic E-state index is -0.754. The van der Waals surface area contributed by atoms with Crippen LogP contribution in [0, 0.1) is 0 Å². The molecule has 1 amide bonds. The third kappa shape index (κ3) is 5.63. The number of hydrogen-bond acceptors (Lipinski definition) is 8. The van der Waals surface area contributed by atoms with Crippen LogP contribution in [0.25, 0.3) is 0 Å². The number of amides is 1. The van der Waals surface area contributed by atoms with E-state index in [-0.39, 0.29) is 25.7 Å². The van der Waals surface area contributed by atoms with E-state index in [4.69, 9.17) is 14.4 Å². The van der Waals surface area contributed by atoms with Crippen molar-refractivity contribution < 1.29 is 28.8 Å². The fraction of sp³-hybridized carbons (Fsp3) is 0.423. The summed E-state index contributed by atoms with van der Waals surface area (Å²) in [4.78, 5) is 51.3. The van der Waals surface area contributed by atoms with Crippen molar-refractivity contribution in [2.45, 2.75) is 44.9 Å². The zero-order chi connectivity index (χ0) is 25.2. The number of benzene rings is 2. The molecule has 186 valence electrons. The van der Waals surface area contributed by atoms with Gasteiger partial charge in [0.1, 0.15) is 11.1 Å². The maximum atomic E-state index is 12.9. The van der Waals surface area contributed by atoms with Crippen LogP contribution in [0.3, 0.4) is 0 Å². The number of hydroxylamine groups is 4. The first-order valence-electron chi connectivity index (χ1n) is 11.6. The van der Waals surface area contributed by atoms with Gasteiger partial charge < -0.3 is 19.3 Å². The average molecular weight is 482 g/mol. The highest BCUT2D eigenvalue weighted by Gasteiger charge is 2.58. The first kappa shape index (κ1) is 24.7. The first-order chi connectivity index (χ1) is 16.6. The van der Waals surface area contributed by atoms with Crippen molar-refractivity contribution in [2.24, 2.45) is 0 Å². The van der Waals surface area contributed by atoms with E-state index < -0.39 is 29.2 Å². The van der Waals surface area contributed by atoms with E-state index in [1.165, 1.54) is 0 Å². The van der Waals surface area contributed by atoms with Crippen LogP contribution in [-0.2, 0) is 14.4 Å². The summed E-state index contributed by atoms with van der Waals surface area (Å²) in [7, 11) is 0. The molecule has 0 unspecified atom stereocenters. The SMILES string of the molecule is C[C@@H]1CN(OC(=O)c2ccccc2)CC2(CN(C(=O)OC(C)(C)C)C2)N1OC(=O)c1ccccc1. The molecule has 1 atom stereocenters. The molecule has 0 aliphatic carbocycles. The Kier molecular flexibility index (Phi) is 6.82. The van der Waals surface area contributed by atoms with Gasteiger partial charge in [-0.1, -0.05) is 36.4 Å². The molecule has 2 aromatic rings. The summed E-state index contributed by atoms with van der Waals surface area (Å²) in [5.41, 5.74) is -0.515. The van der Waals surface area contributed by atoms with Crippen LogP contribution in [0.1, 0.15) is 48.4 Å². The van der Waals surface area contributed by atoms with Crippen molar-refractivity contribution in [3.63, 3.8) is 0 Å². The molecule has 2 fully saturated rings. The van der Waals surface area contributed by atoms with Gasteiger partial charge in [0.2, 0.25) is 0 Å². The molecule has 0 aromatic heterocycles. The molecule has 0 bridgehead atoms. The number of nitrogens with zero attached hydrogens (tertiary/aromatic N) is 3. The summed E-state index contributed by atoms with van der Waals surface area (Å²) >= 11 is 0. The summed E-state index contributed by atoms with van der Waals surface area (Å²) in [6.07, 6.45) is -0.441. The van der Waals surface area contributed by atoms with Crippen molar-refractivity contribution in [1.29, 1.82) is 0 Å². The van der Waals surface area contributed by atoms with Gasteiger partial charge in [-0.05, 0) is 52.0 Å². The lowest BCUT2D eigenvalue weighted by atomic mass is 9.86. The second-order valence-corrected chi connectivity index (χ2v) is 10.0. The summed E-state index contributed by atoms with van der Waals surface area (Å²) in [6.45, 7) is 8.41. The van der Waals surface area contributed by atoms with E-state index in [1.54, 1.807) is 63.6 Å². The quantitative estimate of drug-likeness (QED) is 0.656. The number of likely N-dealkylation sites (tertiary alicyclic amines) is 1. The Hall–Kier alpha value is -3.43. The van der Waals surface area contributed by atoms with E-state index in [0.717, 1.165) is 0 Å². The number of piperazine rings is 1. The second-order valence-electron chi connectivity index (χ2n) is 10.0. The lowest BCUT2D eigenvalue weighted by Gasteiger charge is -2.58. The number of carbonyl (C=O) groups is 3. The van der Waals surface area contributed by atoms with Crippen LogP contribution < -0.4 is 0 Å². The molecule has 35 heavy (non-hydrogen) atoms. The molecule has 0 saturated carbocycles. The monoisotopic (exact) mass is 481 g/mol. The number of carbonyl (C=O) groups excluding carboxylic acids is 3. The second kappa shape index (κ2) is 9.67. The van der Waals surface area contributed by atoms with Gasteiger partial charge >= 0.3 is 18.0 Å². The zero-order valence-electron chi connectivity index (χ0n) is 20.5. The molecule has 0 N–H and O–H groups in total. The molecule has 2 aromatic carbocycles. The molecule has 2 saturated heterocycles. The van der Waals surface area contributed by atoms with E-state index in [9.17, 15) is 14.4 Å². The first-order valence-corrected chi connectivity index (χ1v) is 11.6. The van der Waals surface area contributed by atoms with Gasteiger partial charge in [0.15, 0.2) is 0 Å². The van der Waals surface area contributed by atoms with Crippen LogP contribution in [0.4, 0.5) is 4.79 Å². The van der Waals surface area contributed by atoms with Crippen molar-refractivity contribution >= 4 is 18.0 Å². The molecule has 2 aliphatic rings. The van der Waals surface area contributed by atoms with Crippen molar-refractivity contribution in [3.8, 4) is 0 Å². The van der Waals surface area contributed by atoms with E-state index in [0.29, 0.717) is 17.7 Å². The molecule has 1 spiro atoms. The normalized spacial score (nSPS) is 20.1. The van der Waals surface area contributed by atoms with Crippen molar-refractivity contribution in [3.05, 3.63) is 71.8 Å². The van der Waals surface area contributed by atoms with Crippen LogP contribution in [0.15, 0.2) is 60.7 Å². The van der Waals surface area contributed by atoms with Crippen LogP contribution in [-0.4, -0.2) is 76.4 Å². The predicted molar refractivity (Wildman–Crippen MR) is 127 cm³/mol. The minimum Gasteiger partial charge on any atom is -0.444 e. The zero-order valence-corrected chi connectivity index (χ0v) is 20.5. The molecule has 9 heteroatoms. The van der Waals surface area contributed by atoms with Gasteiger partial charge in [-0.15, -0.1) is 10.1 Å². The Bertz CT molecular complexity index is 1060. The van der Waals surface area contributed by atoms with Crippen LogP contribution in [0.5, 0.6) is 0 Å². The Morgan fingerprint density at radius 3 is 1.86 bits per heavy atom. The predicted octanol–water partition coefficient (Wildman–Crippen LogP) is 3.53. The average Bonchev–Trinajstić information content (AvgIpc) is 2.79. The van der Waals surface area contributed by atoms with Gasteiger partial charge in [-0.3, -0.25) is 0 Å². The van der Waals surface area contributed by atoms with Crippen molar-refractivity contribution in [1.82, 2.24) is 15.0 Å². The molecule has 9 nitrogen and oxygen atoms in total. The summed E-state index contributed by atoms with van der Waals surface area (Å²) in [5.74, 6) is -0.951. The third-order valence-corrected chi connectivity index (χ3v) is 5.84. The Morgan fingerprint density at radius 1 is 0.829 bits per heavy atom. The molecule has 0 radical (unpaired) electrons. The lowest BCUT2D eigenvalue weighted by molar-refractivity contribution is -0.295. The lowest BCUT2D eigenvalue weighted by Crippen LogP contribution is -2.79. The standard InChI is InChI=1S/C26H31N3O6/c1-19-15-28(34-22(30)20-11-7-5-8-12-20)18-26(16-27(17-26)24(32)33-25(2,3)4)29(19)35-23(31)21-13-9-6-10-14-21/h5-14,19H,15-18H2,1-4H3/t19-/m1/s1. The molecule has 2 aliphatic heterocycles. The van der Waals surface area contributed by atoms with Gasteiger partial charge in [0, 0.05) is 13.1 Å². The van der Waals surface area contributed by atoms with Crippen molar-refractivity contribution in [2.75, 3.05) is 26.2 Å². The third-order valence-electron chi connectivity index (χ3n) is 5.84. The van der Waals surface area contributed by atoms with Gasteiger partial charge in [-0.25, -0.2) is 14.4 Å². The Morgan fingerprint density at radius 2 is 1.34 bits per heavy atom. The Balaban J connectivity index is 1.51. The molecular weight excluding hydrogens is 450 g/mol. The maximum Gasteiger partial charge on any atom is 0.410 e. The Labute approximate surface area is 205 Å². The fourth-order valence-electron chi connectivity index (χ4n) is 4.37. The van der Waals surface area contributed by atoms with Crippen LogP contribution >= 0.6 is 0 Å². The van der Waals surface area contributed by atoms with Gasteiger partial charge in [0.05, 0.1) is 30.3 Å². The van der Waals surface area contributed by atoms with E-state index in [2.05, 4.69) is 0 Å². The van der Waals surface area contributed by atoms with E-state index >= 15 is 0 Å². The maximum absolute atomic E-state index is 12.9. The van der Waals surface area contributed by atoms with Gasteiger partial charge in [-0.2, -0.15) is 0 Å². The number of rotatable bonds is 4. The molecular formula is C26H31N3O6. The topological polar surface area (TPSA) is 88.6 Å². The minimum absolute atomic E-state index is 0.258. The smallest absolute Gasteiger partial charge is 0.410 e. The number of hydrogen-bond donors (Lipinski definition) is 0. The number of ether oxygens (including phenoxy) is 1. The highest BCUT2D eigenvalue weighted by atomic mass is 16.7. The summed E-state index contributed by atoms with van der Waals surface area (Å²) < 4.78 is 5.50. The molecule has 2 heterocycles. The molecule has 4 rings (SSSR count). The highest BCUT2D eigenvalue weighted by molar-refractivity contribution is 5.89. The van der Waals surface area contributed by atoms with Gasteiger partial charge in [0.25, 0.3) is 0 Å². The summed E-state index contributed by atoms with van der Waals surface area (Å²) in [5, 5.41) is 3.23. The fourth-order valence-corrected chi connectivity index (χ4v) is 4.37. The summed E-state index contributed by atoms with van der Waals surface area (Å²) in [6, 6.07) is 17.2. The van der Waals surface area contributed by atoms with Crippen LogP contribution in [0.2, 0.25) is 0 Å². The highest BCUT2D eigenvalue weighted by Crippen LogP contribution is 2.36. The van der Waals surface area contributed by atoms with E-state index in [1.807, 2.05) is 39.8 Å².